The third kappa shape index (κ3) is 2.33. The van der Waals surface area contributed by atoms with Crippen LogP contribution in [0.1, 0.15) is 16.8 Å². The van der Waals surface area contributed by atoms with Crippen LogP contribution >= 0.6 is 22.9 Å². The Balaban J connectivity index is 1.61. The summed E-state index contributed by atoms with van der Waals surface area (Å²) >= 11 is 7.72. The molecule has 1 aliphatic rings. The first kappa shape index (κ1) is 14.9. The van der Waals surface area contributed by atoms with E-state index >= 15 is 0 Å². The lowest BCUT2D eigenvalue weighted by molar-refractivity contribution is 1.09. The molecule has 0 unspecified atom stereocenters. The molecule has 25 heavy (non-hydrogen) atoms. The fraction of sp³-hybridized carbons (Fsp3) is 0.100. The number of nitrogens with one attached hydrogen (secondary N) is 1. The topological polar surface area (TPSA) is 41.6 Å². The van der Waals surface area contributed by atoms with Gasteiger partial charge in [0.05, 0.1) is 5.69 Å². The fourth-order valence-electron chi connectivity index (χ4n) is 3.54. The van der Waals surface area contributed by atoms with Crippen molar-refractivity contribution in [3.8, 4) is 32.4 Å². The van der Waals surface area contributed by atoms with Crippen molar-refractivity contribution in [2.75, 3.05) is 0 Å². The third-order valence-corrected chi connectivity index (χ3v) is 5.88. The van der Waals surface area contributed by atoms with Gasteiger partial charge >= 0.3 is 0 Å². The molecule has 0 atom stereocenters. The molecule has 0 bridgehead atoms. The second-order valence-electron chi connectivity index (χ2n) is 6.24. The standard InChI is InChI=1S/C20H14ClN3S/c1-11-17(16-10-12-5-2-3-8-15(12)18(16)22-11)20-24-23-19(25-20)13-6-4-7-14(21)9-13/h2-9,22H,10H2,1H3. The molecule has 0 saturated carbocycles. The minimum atomic E-state index is 0.711. The van der Waals surface area contributed by atoms with E-state index in [-0.39, 0.29) is 0 Å². The van der Waals surface area contributed by atoms with Crippen molar-refractivity contribution in [2.24, 2.45) is 0 Å². The number of H-pyrrole nitrogens is 1. The molecule has 3 nitrogen and oxygen atoms in total. The van der Waals surface area contributed by atoms with E-state index in [2.05, 4.69) is 46.4 Å². The van der Waals surface area contributed by atoms with Crippen LogP contribution in [0.4, 0.5) is 0 Å². The fourth-order valence-corrected chi connectivity index (χ4v) is 4.70. The molecule has 2 heterocycles. The summed E-state index contributed by atoms with van der Waals surface area (Å²) in [6.07, 6.45) is 0.942. The Labute approximate surface area is 154 Å². The van der Waals surface area contributed by atoms with Gasteiger partial charge in [0.15, 0.2) is 0 Å². The van der Waals surface area contributed by atoms with Crippen LogP contribution in [0.5, 0.6) is 0 Å². The van der Waals surface area contributed by atoms with Crippen LogP contribution in [0.2, 0.25) is 5.02 Å². The number of benzene rings is 2. The summed E-state index contributed by atoms with van der Waals surface area (Å²) in [5.74, 6) is 0. The second-order valence-corrected chi connectivity index (χ2v) is 7.65. The number of hydrogen-bond acceptors (Lipinski definition) is 3. The molecule has 2 aromatic carbocycles. The summed E-state index contributed by atoms with van der Waals surface area (Å²) in [6, 6.07) is 16.3. The predicted octanol–water partition coefficient (Wildman–Crippen LogP) is 5.73. The van der Waals surface area contributed by atoms with Gasteiger partial charge in [-0.2, -0.15) is 0 Å². The first-order chi connectivity index (χ1) is 12.2. The summed E-state index contributed by atoms with van der Waals surface area (Å²) in [5.41, 5.74) is 8.56. The molecule has 0 amide bonds. The summed E-state index contributed by atoms with van der Waals surface area (Å²) in [6.45, 7) is 2.11. The van der Waals surface area contributed by atoms with Gasteiger partial charge in [0.1, 0.15) is 10.0 Å². The van der Waals surface area contributed by atoms with Crippen molar-refractivity contribution in [3.05, 3.63) is 70.4 Å². The first-order valence-corrected chi connectivity index (χ1v) is 9.29. The average Bonchev–Trinajstić information content (AvgIpc) is 3.28. The summed E-state index contributed by atoms with van der Waals surface area (Å²) in [7, 11) is 0. The minimum Gasteiger partial charge on any atom is -0.358 e. The van der Waals surface area contributed by atoms with Gasteiger partial charge in [-0.3, -0.25) is 0 Å². The number of rotatable bonds is 2. The normalized spacial score (nSPS) is 12.2. The number of aromatic amines is 1. The zero-order valence-electron chi connectivity index (χ0n) is 13.5. The lowest BCUT2D eigenvalue weighted by Crippen LogP contribution is -1.86. The van der Waals surface area contributed by atoms with Crippen LogP contribution in [0.15, 0.2) is 48.5 Å². The average molecular weight is 364 g/mol. The second kappa shape index (κ2) is 5.55. The highest BCUT2D eigenvalue weighted by Crippen LogP contribution is 2.44. The van der Waals surface area contributed by atoms with Crippen molar-refractivity contribution in [1.82, 2.24) is 15.2 Å². The molecule has 0 radical (unpaired) electrons. The highest BCUT2D eigenvalue weighted by Gasteiger charge is 2.27. The van der Waals surface area contributed by atoms with E-state index in [4.69, 9.17) is 11.6 Å². The molecule has 4 aromatic rings. The van der Waals surface area contributed by atoms with Crippen LogP contribution in [0, 0.1) is 6.92 Å². The van der Waals surface area contributed by atoms with Crippen molar-refractivity contribution in [1.29, 1.82) is 0 Å². The number of hydrogen-bond donors (Lipinski definition) is 1. The van der Waals surface area contributed by atoms with Crippen LogP contribution in [-0.2, 0) is 6.42 Å². The van der Waals surface area contributed by atoms with Crippen molar-refractivity contribution in [3.63, 3.8) is 0 Å². The highest BCUT2D eigenvalue weighted by molar-refractivity contribution is 7.18. The molecule has 1 aliphatic carbocycles. The molecule has 122 valence electrons. The molecule has 5 heteroatoms. The molecule has 1 N–H and O–H groups in total. The molecule has 0 saturated heterocycles. The van der Waals surface area contributed by atoms with Crippen LogP contribution in [-0.4, -0.2) is 15.2 Å². The molecular weight excluding hydrogens is 350 g/mol. The molecule has 5 rings (SSSR count). The highest BCUT2D eigenvalue weighted by atomic mass is 35.5. The quantitative estimate of drug-likeness (QED) is 0.435. The molecular formula is C20H14ClN3S. The van der Waals surface area contributed by atoms with E-state index in [0.717, 1.165) is 27.7 Å². The molecule has 0 spiro atoms. The summed E-state index contributed by atoms with van der Waals surface area (Å²) in [4.78, 5) is 3.56. The summed E-state index contributed by atoms with van der Waals surface area (Å²) < 4.78 is 0. The van der Waals surface area contributed by atoms with E-state index in [9.17, 15) is 0 Å². The van der Waals surface area contributed by atoms with Gasteiger partial charge in [0.2, 0.25) is 0 Å². The third-order valence-electron chi connectivity index (χ3n) is 4.66. The SMILES string of the molecule is Cc1[nH]c2c(c1-c1nnc(-c3cccc(Cl)c3)s1)Cc1ccccc1-2. The number of nitrogens with zero attached hydrogens (tertiary/aromatic N) is 2. The minimum absolute atomic E-state index is 0.711. The Kier molecular flexibility index (Phi) is 3.30. The van der Waals surface area contributed by atoms with Crippen molar-refractivity contribution in [2.45, 2.75) is 13.3 Å². The van der Waals surface area contributed by atoms with E-state index in [0.29, 0.717) is 5.02 Å². The van der Waals surface area contributed by atoms with E-state index < -0.39 is 0 Å². The Morgan fingerprint density at radius 3 is 2.76 bits per heavy atom. The molecule has 0 fully saturated rings. The van der Waals surface area contributed by atoms with Gasteiger partial charge < -0.3 is 4.98 Å². The lowest BCUT2D eigenvalue weighted by Gasteiger charge is -2.00. The Morgan fingerprint density at radius 1 is 1.04 bits per heavy atom. The van der Waals surface area contributed by atoms with Crippen LogP contribution < -0.4 is 0 Å². The first-order valence-electron chi connectivity index (χ1n) is 8.10. The Morgan fingerprint density at radius 2 is 1.88 bits per heavy atom. The van der Waals surface area contributed by atoms with Gasteiger partial charge in [0, 0.05) is 33.8 Å². The van der Waals surface area contributed by atoms with Gasteiger partial charge in [0.25, 0.3) is 0 Å². The Hall–Kier alpha value is -2.43. The lowest BCUT2D eigenvalue weighted by atomic mass is 10.1. The van der Waals surface area contributed by atoms with Gasteiger partial charge in [-0.05, 0) is 30.2 Å². The largest absolute Gasteiger partial charge is 0.358 e. The van der Waals surface area contributed by atoms with E-state index in [1.54, 1.807) is 11.3 Å². The molecule has 2 aromatic heterocycles. The smallest absolute Gasteiger partial charge is 0.150 e. The molecule has 0 aliphatic heterocycles. The monoisotopic (exact) mass is 363 g/mol. The zero-order chi connectivity index (χ0) is 17.0. The Bertz CT molecular complexity index is 1110. The summed E-state index contributed by atoms with van der Waals surface area (Å²) in [5, 5.41) is 11.4. The van der Waals surface area contributed by atoms with E-state index in [1.807, 2.05) is 24.3 Å². The number of fused-ring (bicyclic) bond motifs is 3. The van der Waals surface area contributed by atoms with Gasteiger partial charge in [-0.15, -0.1) is 10.2 Å². The van der Waals surface area contributed by atoms with Crippen molar-refractivity contribution >= 4 is 22.9 Å². The maximum absolute atomic E-state index is 6.11. The van der Waals surface area contributed by atoms with Crippen LogP contribution in [0.3, 0.4) is 0 Å². The predicted molar refractivity (Wildman–Crippen MR) is 103 cm³/mol. The van der Waals surface area contributed by atoms with E-state index in [1.165, 1.54) is 27.9 Å². The van der Waals surface area contributed by atoms with Gasteiger partial charge in [-0.1, -0.05) is 59.3 Å². The maximum atomic E-state index is 6.11. The van der Waals surface area contributed by atoms with Crippen LogP contribution in [0.25, 0.3) is 32.4 Å². The number of aryl methyl sites for hydroxylation is 1. The number of halogens is 1. The van der Waals surface area contributed by atoms with Gasteiger partial charge in [-0.25, -0.2) is 0 Å². The maximum Gasteiger partial charge on any atom is 0.150 e. The number of aromatic nitrogens is 3. The van der Waals surface area contributed by atoms with Crippen molar-refractivity contribution < 1.29 is 0 Å². The zero-order valence-corrected chi connectivity index (χ0v) is 15.1.